The maximum atomic E-state index is 12.3. The van der Waals surface area contributed by atoms with E-state index in [1.54, 1.807) is 0 Å². The third kappa shape index (κ3) is 10.2. The van der Waals surface area contributed by atoms with Gasteiger partial charge in [0.15, 0.2) is 0 Å². The summed E-state index contributed by atoms with van der Waals surface area (Å²) < 4.78 is 10.5. The Labute approximate surface area is 157 Å². The number of benzene rings is 1. The Morgan fingerprint density at radius 3 is 2.27 bits per heavy atom. The molecule has 0 aliphatic rings. The van der Waals surface area contributed by atoms with Crippen LogP contribution >= 0.6 is 0 Å². The van der Waals surface area contributed by atoms with E-state index in [0.717, 1.165) is 31.2 Å². The SMILES string of the molecule is CCCCOC(=O)CCCC(NCc1ccccc1)C(=O)OCCCC. The highest BCUT2D eigenvalue weighted by molar-refractivity contribution is 5.76. The lowest BCUT2D eigenvalue weighted by Gasteiger charge is -2.17. The molecule has 0 fully saturated rings. The van der Waals surface area contributed by atoms with E-state index in [9.17, 15) is 9.59 Å². The third-order valence-electron chi connectivity index (χ3n) is 4.06. The summed E-state index contributed by atoms with van der Waals surface area (Å²) in [7, 11) is 0. The van der Waals surface area contributed by atoms with E-state index < -0.39 is 6.04 Å². The van der Waals surface area contributed by atoms with Gasteiger partial charge < -0.3 is 14.8 Å². The van der Waals surface area contributed by atoms with Crippen molar-refractivity contribution in [1.29, 1.82) is 0 Å². The fraction of sp³-hybridized carbons (Fsp3) is 0.619. The lowest BCUT2D eigenvalue weighted by atomic mass is 10.1. The van der Waals surface area contributed by atoms with Crippen LogP contribution in [0.15, 0.2) is 30.3 Å². The predicted octanol–water partition coefficient (Wildman–Crippen LogP) is 4.00. The topological polar surface area (TPSA) is 64.6 Å². The molecule has 0 spiro atoms. The average Bonchev–Trinajstić information content (AvgIpc) is 2.65. The number of carbonyl (C=O) groups excluding carboxylic acids is 2. The minimum atomic E-state index is -0.407. The smallest absolute Gasteiger partial charge is 0.323 e. The molecule has 1 atom stereocenters. The molecule has 5 heteroatoms. The highest BCUT2D eigenvalue weighted by Gasteiger charge is 2.20. The van der Waals surface area contributed by atoms with Crippen molar-refractivity contribution >= 4 is 11.9 Å². The first-order valence-electron chi connectivity index (χ1n) is 9.77. The van der Waals surface area contributed by atoms with Crippen LogP contribution in [0.25, 0.3) is 0 Å². The zero-order valence-electron chi connectivity index (χ0n) is 16.2. The van der Waals surface area contributed by atoms with E-state index in [2.05, 4.69) is 19.2 Å². The van der Waals surface area contributed by atoms with Crippen molar-refractivity contribution < 1.29 is 19.1 Å². The van der Waals surface area contributed by atoms with Gasteiger partial charge in [-0.15, -0.1) is 0 Å². The monoisotopic (exact) mass is 363 g/mol. The largest absolute Gasteiger partial charge is 0.466 e. The second-order valence-electron chi connectivity index (χ2n) is 6.41. The summed E-state index contributed by atoms with van der Waals surface area (Å²) in [6.07, 6.45) is 5.22. The van der Waals surface area contributed by atoms with Gasteiger partial charge in [-0.2, -0.15) is 0 Å². The molecule has 0 saturated heterocycles. The van der Waals surface area contributed by atoms with Crippen molar-refractivity contribution in [2.24, 2.45) is 0 Å². The molecule has 26 heavy (non-hydrogen) atoms. The van der Waals surface area contributed by atoms with Crippen molar-refractivity contribution in [3.63, 3.8) is 0 Å². The minimum Gasteiger partial charge on any atom is -0.466 e. The Morgan fingerprint density at radius 1 is 0.962 bits per heavy atom. The summed E-state index contributed by atoms with van der Waals surface area (Å²) in [6, 6.07) is 9.52. The van der Waals surface area contributed by atoms with E-state index in [1.165, 1.54) is 0 Å². The molecule has 0 aliphatic heterocycles. The molecule has 0 radical (unpaired) electrons. The molecule has 0 saturated carbocycles. The van der Waals surface area contributed by atoms with Gasteiger partial charge in [0.05, 0.1) is 13.2 Å². The molecule has 0 bridgehead atoms. The number of rotatable bonds is 14. The van der Waals surface area contributed by atoms with Gasteiger partial charge in [-0.3, -0.25) is 9.59 Å². The first-order valence-corrected chi connectivity index (χ1v) is 9.77. The van der Waals surface area contributed by atoms with Gasteiger partial charge in [-0.05, 0) is 31.2 Å². The Kier molecular flexibility index (Phi) is 12.2. The highest BCUT2D eigenvalue weighted by atomic mass is 16.5. The molecule has 1 aromatic rings. The Morgan fingerprint density at radius 2 is 1.62 bits per heavy atom. The van der Waals surface area contributed by atoms with E-state index in [0.29, 0.717) is 39.0 Å². The number of nitrogens with one attached hydrogen (secondary N) is 1. The predicted molar refractivity (Wildman–Crippen MR) is 103 cm³/mol. The molecular formula is C21H33NO4. The van der Waals surface area contributed by atoms with Gasteiger partial charge >= 0.3 is 11.9 Å². The molecular weight excluding hydrogens is 330 g/mol. The highest BCUT2D eigenvalue weighted by Crippen LogP contribution is 2.08. The lowest BCUT2D eigenvalue weighted by Crippen LogP contribution is -2.38. The normalized spacial score (nSPS) is 11.8. The fourth-order valence-corrected chi connectivity index (χ4v) is 2.41. The van der Waals surface area contributed by atoms with Crippen molar-refractivity contribution in [3.8, 4) is 0 Å². The maximum Gasteiger partial charge on any atom is 0.323 e. The summed E-state index contributed by atoms with van der Waals surface area (Å²) in [5, 5.41) is 3.26. The molecule has 0 amide bonds. The van der Waals surface area contributed by atoms with Crippen molar-refractivity contribution in [1.82, 2.24) is 5.32 Å². The molecule has 146 valence electrons. The van der Waals surface area contributed by atoms with Crippen LogP contribution in [-0.2, 0) is 25.6 Å². The van der Waals surface area contributed by atoms with E-state index in [4.69, 9.17) is 9.47 Å². The molecule has 1 N–H and O–H groups in total. The van der Waals surface area contributed by atoms with Crippen LogP contribution < -0.4 is 5.32 Å². The standard InChI is InChI=1S/C21H33NO4/c1-3-5-15-25-20(23)14-10-13-19(21(24)26-16-6-4-2)22-17-18-11-8-7-9-12-18/h7-9,11-12,19,22H,3-6,10,13-17H2,1-2H3. The zero-order chi connectivity index (χ0) is 19.0. The summed E-state index contributed by atoms with van der Waals surface area (Å²) in [4.78, 5) is 24.0. The zero-order valence-corrected chi connectivity index (χ0v) is 16.2. The summed E-state index contributed by atoms with van der Waals surface area (Å²) in [5.41, 5.74) is 1.11. The number of carbonyl (C=O) groups is 2. The number of hydrogen-bond acceptors (Lipinski definition) is 5. The van der Waals surface area contributed by atoms with Crippen LogP contribution in [0.2, 0.25) is 0 Å². The number of hydrogen-bond donors (Lipinski definition) is 1. The maximum absolute atomic E-state index is 12.3. The molecule has 5 nitrogen and oxygen atoms in total. The Balaban J connectivity index is 2.43. The van der Waals surface area contributed by atoms with Crippen molar-refractivity contribution in [3.05, 3.63) is 35.9 Å². The van der Waals surface area contributed by atoms with Crippen LogP contribution in [0.3, 0.4) is 0 Å². The van der Waals surface area contributed by atoms with Crippen molar-refractivity contribution in [2.45, 2.75) is 71.4 Å². The summed E-state index contributed by atoms with van der Waals surface area (Å²) in [5.74, 6) is -0.437. The first-order chi connectivity index (χ1) is 12.7. The van der Waals surface area contributed by atoms with Crippen molar-refractivity contribution in [2.75, 3.05) is 13.2 Å². The van der Waals surface area contributed by atoms with Crippen LogP contribution in [0.4, 0.5) is 0 Å². The number of ether oxygens (including phenoxy) is 2. The molecule has 0 aromatic heterocycles. The number of esters is 2. The van der Waals surface area contributed by atoms with Gasteiger partial charge in [-0.1, -0.05) is 57.0 Å². The number of unbranched alkanes of at least 4 members (excludes halogenated alkanes) is 2. The Bertz CT molecular complexity index is 504. The quantitative estimate of drug-likeness (QED) is 0.400. The third-order valence-corrected chi connectivity index (χ3v) is 4.06. The van der Waals surface area contributed by atoms with Crippen LogP contribution in [0, 0.1) is 0 Å². The molecule has 1 aromatic carbocycles. The van der Waals surface area contributed by atoms with Gasteiger partial charge in [0.25, 0.3) is 0 Å². The van der Waals surface area contributed by atoms with Crippen LogP contribution in [0.1, 0.15) is 64.4 Å². The van der Waals surface area contributed by atoms with Gasteiger partial charge in [-0.25, -0.2) is 0 Å². The van der Waals surface area contributed by atoms with Gasteiger partial charge in [0.2, 0.25) is 0 Å². The second-order valence-corrected chi connectivity index (χ2v) is 6.41. The molecule has 1 unspecified atom stereocenters. The van der Waals surface area contributed by atoms with E-state index in [1.807, 2.05) is 30.3 Å². The molecule has 0 heterocycles. The minimum absolute atomic E-state index is 0.195. The molecule has 1 rings (SSSR count). The fourth-order valence-electron chi connectivity index (χ4n) is 2.41. The van der Waals surface area contributed by atoms with Gasteiger partial charge in [0, 0.05) is 13.0 Å². The second kappa shape index (κ2) is 14.3. The molecule has 0 aliphatic carbocycles. The first kappa shape index (κ1) is 22.2. The van der Waals surface area contributed by atoms with Crippen LogP contribution in [0.5, 0.6) is 0 Å². The Hall–Kier alpha value is -1.88. The van der Waals surface area contributed by atoms with E-state index >= 15 is 0 Å². The van der Waals surface area contributed by atoms with Crippen LogP contribution in [-0.4, -0.2) is 31.2 Å². The summed E-state index contributed by atoms with van der Waals surface area (Å²) >= 11 is 0. The average molecular weight is 363 g/mol. The van der Waals surface area contributed by atoms with Gasteiger partial charge in [0.1, 0.15) is 6.04 Å². The summed E-state index contributed by atoms with van der Waals surface area (Å²) in [6.45, 7) is 5.63. The lowest BCUT2D eigenvalue weighted by molar-refractivity contribution is -0.148. The van der Waals surface area contributed by atoms with E-state index in [-0.39, 0.29) is 11.9 Å².